The number of carbonyl (C=O) groups is 2. The van der Waals surface area contributed by atoms with Gasteiger partial charge in [0, 0.05) is 5.02 Å². The Bertz CT molecular complexity index is 1040. The van der Waals surface area contributed by atoms with E-state index in [1.54, 1.807) is 24.3 Å². The van der Waals surface area contributed by atoms with Crippen molar-refractivity contribution in [3.8, 4) is 5.75 Å². The van der Waals surface area contributed by atoms with Crippen LogP contribution in [0.1, 0.15) is 5.56 Å². The number of amides is 2. The first-order chi connectivity index (χ1) is 13.3. The van der Waals surface area contributed by atoms with Crippen LogP contribution in [0.4, 0.5) is 11.4 Å². The summed E-state index contributed by atoms with van der Waals surface area (Å²) in [4.78, 5) is 37.2. The molecule has 10 heteroatoms. The molecule has 0 aliphatic carbocycles. The SMILES string of the molecule is COc1cccc(C=C2C(=O)NC(=S)N(c3ccc(Cl)cc3)C2=O)c1[N+](=O)[O-]. The highest BCUT2D eigenvalue weighted by atomic mass is 35.5. The van der Waals surface area contributed by atoms with Crippen molar-refractivity contribution in [2.24, 2.45) is 0 Å². The predicted octanol–water partition coefficient (Wildman–Crippen LogP) is 3.09. The summed E-state index contributed by atoms with van der Waals surface area (Å²) in [6.07, 6.45) is 1.14. The Morgan fingerprint density at radius 2 is 1.89 bits per heavy atom. The second-order valence-corrected chi connectivity index (χ2v) is 6.41. The number of nitrogens with one attached hydrogen (secondary N) is 1. The van der Waals surface area contributed by atoms with Gasteiger partial charge in [0.25, 0.3) is 11.8 Å². The second kappa shape index (κ2) is 7.75. The van der Waals surface area contributed by atoms with Crippen LogP contribution in [-0.4, -0.2) is 29.0 Å². The molecule has 0 bridgehead atoms. The summed E-state index contributed by atoms with van der Waals surface area (Å²) in [6, 6.07) is 10.6. The Morgan fingerprint density at radius 3 is 2.50 bits per heavy atom. The van der Waals surface area contributed by atoms with Gasteiger partial charge in [0.1, 0.15) is 5.57 Å². The Hall–Kier alpha value is -3.30. The topological polar surface area (TPSA) is 102 Å². The molecule has 2 aromatic rings. The highest BCUT2D eigenvalue weighted by Gasteiger charge is 2.35. The summed E-state index contributed by atoms with van der Waals surface area (Å²) < 4.78 is 5.01. The Kier molecular flexibility index (Phi) is 5.39. The fraction of sp³-hybridized carbons (Fsp3) is 0.0556. The lowest BCUT2D eigenvalue weighted by molar-refractivity contribution is -0.386. The molecule has 1 saturated heterocycles. The highest BCUT2D eigenvalue weighted by molar-refractivity contribution is 7.80. The average molecular weight is 418 g/mol. The van der Waals surface area contributed by atoms with E-state index >= 15 is 0 Å². The lowest BCUT2D eigenvalue weighted by atomic mass is 10.0. The molecule has 0 unspecified atom stereocenters. The maximum atomic E-state index is 12.9. The number of hydrogen-bond acceptors (Lipinski definition) is 6. The van der Waals surface area contributed by atoms with Crippen molar-refractivity contribution in [1.82, 2.24) is 5.32 Å². The number of nitrogens with zero attached hydrogens (tertiary/aromatic N) is 2. The van der Waals surface area contributed by atoms with Gasteiger partial charge in [-0.15, -0.1) is 0 Å². The van der Waals surface area contributed by atoms with Crippen molar-refractivity contribution < 1.29 is 19.2 Å². The van der Waals surface area contributed by atoms with Gasteiger partial charge in [-0.25, -0.2) is 0 Å². The third kappa shape index (κ3) is 3.57. The fourth-order valence-corrected chi connectivity index (χ4v) is 3.06. The van der Waals surface area contributed by atoms with Gasteiger partial charge in [-0.1, -0.05) is 17.7 Å². The van der Waals surface area contributed by atoms with E-state index in [9.17, 15) is 19.7 Å². The molecule has 8 nitrogen and oxygen atoms in total. The molecule has 0 saturated carbocycles. The molecule has 0 atom stereocenters. The molecule has 28 heavy (non-hydrogen) atoms. The molecule has 0 radical (unpaired) electrons. The van der Waals surface area contributed by atoms with Crippen LogP contribution < -0.4 is 15.0 Å². The third-order valence-electron chi connectivity index (χ3n) is 3.92. The van der Waals surface area contributed by atoms with Crippen molar-refractivity contribution in [2.45, 2.75) is 0 Å². The minimum absolute atomic E-state index is 0.00750. The largest absolute Gasteiger partial charge is 0.490 e. The minimum Gasteiger partial charge on any atom is -0.490 e. The highest BCUT2D eigenvalue weighted by Crippen LogP contribution is 2.33. The van der Waals surface area contributed by atoms with Crippen LogP contribution in [0.5, 0.6) is 5.75 Å². The van der Waals surface area contributed by atoms with Crippen molar-refractivity contribution in [1.29, 1.82) is 0 Å². The number of rotatable bonds is 4. The fourth-order valence-electron chi connectivity index (χ4n) is 2.65. The summed E-state index contributed by atoms with van der Waals surface area (Å²) in [5, 5.41) is 14.2. The van der Waals surface area contributed by atoms with Gasteiger partial charge in [0.05, 0.1) is 23.3 Å². The van der Waals surface area contributed by atoms with Crippen LogP contribution in [0.2, 0.25) is 5.02 Å². The van der Waals surface area contributed by atoms with Gasteiger partial charge in [0.15, 0.2) is 10.9 Å². The number of nitro benzene ring substituents is 1. The normalized spacial score (nSPS) is 15.6. The second-order valence-electron chi connectivity index (χ2n) is 5.59. The summed E-state index contributed by atoms with van der Waals surface area (Å²) in [6.45, 7) is 0. The van der Waals surface area contributed by atoms with Gasteiger partial charge >= 0.3 is 5.69 Å². The predicted molar refractivity (Wildman–Crippen MR) is 107 cm³/mol. The quantitative estimate of drug-likeness (QED) is 0.269. The molecule has 2 aromatic carbocycles. The van der Waals surface area contributed by atoms with Crippen LogP contribution in [-0.2, 0) is 9.59 Å². The molecule has 1 aliphatic rings. The Balaban J connectivity index is 2.10. The van der Waals surface area contributed by atoms with Crippen LogP contribution >= 0.6 is 23.8 Å². The van der Waals surface area contributed by atoms with Crippen molar-refractivity contribution >= 4 is 58.2 Å². The molecule has 0 spiro atoms. The lowest BCUT2D eigenvalue weighted by Gasteiger charge is -2.28. The van der Waals surface area contributed by atoms with E-state index < -0.39 is 16.7 Å². The molecule has 1 N–H and O–H groups in total. The van der Waals surface area contributed by atoms with E-state index in [1.165, 1.54) is 25.3 Å². The Labute approximate surface area is 169 Å². The van der Waals surface area contributed by atoms with Crippen molar-refractivity contribution in [2.75, 3.05) is 12.0 Å². The van der Waals surface area contributed by atoms with Crippen molar-refractivity contribution in [3.05, 3.63) is 68.7 Å². The summed E-state index contributed by atoms with van der Waals surface area (Å²) >= 11 is 11.0. The number of carbonyl (C=O) groups excluding carboxylic acids is 2. The number of nitro groups is 1. The maximum Gasteiger partial charge on any atom is 0.318 e. The standard InChI is InChI=1S/C18H12ClN3O5S/c1-27-14-4-2-3-10(15(14)22(25)26)9-13-16(23)20-18(28)21(17(13)24)12-7-5-11(19)6-8-12/h2-9H,1H3,(H,20,23,28). The Morgan fingerprint density at radius 1 is 1.21 bits per heavy atom. The molecule has 2 amide bonds. The summed E-state index contributed by atoms with van der Waals surface area (Å²) in [5.41, 5.74) is -0.221. The first-order valence-electron chi connectivity index (χ1n) is 7.82. The number of halogens is 1. The van der Waals surface area contributed by atoms with Gasteiger partial charge in [-0.2, -0.15) is 0 Å². The van der Waals surface area contributed by atoms with Crippen LogP contribution in [0, 0.1) is 10.1 Å². The molecule has 1 fully saturated rings. The zero-order chi connectivity index (χ0) is 20.4. The number of benzene rings is 2. The molecule has 142 valence electrons. The molecular formula is C18H12ClN3O5S. The molecule has 3 rings (SSSR count). The lowest BCUT2D eigenvalue weighted by Crippen LogP contribution is -2.54. The van der Waals surface area contributed by atoms with Crippen LogP contribution in [0.3, 0.4) is 0 Å². The van der Waals surface area contributed by atoms with E-state index in [2.05, 4.69) is 5.32 Å². The molecule has 1 aliphatic heterocycles. The number of methoxy groups -OCH3 is 1. The zero-order valence-electron chi connectivity index (χ0n) is 14.3. The molecule has 0 aromatic heterocycles. The number of thiocarbonyl (C=S) groups is 1. The van der Waals surface area contributed by atoms with E-state index in [4.69, 9.17) is 28.6 Å². The van der Waals surface area contributed by atoms with Gasteiger partial charge in [-0.3, -0.25) is 29.9 Å². The maximum absolute atomic E-state index is 12.9. The van der Waals surface area contributed by atoms with E-state index in [0.29, 0.717) is 10.7 Å². The van der Waals surface area contributed by atoms with E-state index in [-0.39, 0.29) is 27.7 Å². The van der Waals surface area contributed by atoms with Gasteiger partial charge in [0.2, 0.25) is 0 Å². The zero-order valence-corrected chi connectivity index (χ0v) is 15.9. The third-order valence-corrected chi connectivity index (χ3v) is 4.46. The summed E-state index contributed by atoms with van der Waals surface area (Å²) in [5.74, 6) is -1.46. The van der Waals surface area contributed by atoms with Crippen LogP contribution in [0.25, 0.3) is 6.08 Å². The molecule has 1 heterocycles. The van der Waals surface area contributed by atoms with Crippen molar-refractivity contribution in [3.63, 3.8) is 0 Å². The number of hydrogen-bond donors (Lipinski definition) is 1. The minimum atomic E-state index is -0.752. The smallest absolute Gasteiger partial charge is 0.318 e. The number of ether oxygens (including phenoxy) is 1. The average Bonchev–Trinajstić information content (AvgIpc) is 2.66. The van der Waals surface area contributed by atoms with E-state index in [1.807, 2.05) is 0 Å². The first-order valence-corrected chi connectivity index (χ1v) is 8.60. The van der Waals surface area contributed by atoms with Gasteiger partial charge < -0.3 is 4.74 Å². The number of para-hydroxylation sites is 1. The molecular weight excluding hydrogens is 406 g/mol. The van der Waals surface area contributed by atoms with E-state index in [0.717, 1.165) is 11.0 Å². The first kappa shape index (κ1) is 19.5. The monoisotopic (exact) mass is 417 g/mol. The summed E-state index contributed by atoms with van der Waals surface area (Å²) in [7, 11) is 1.29. The van der Waals surface area contributed by atoms with Gasteiger partial charge in [-0.05, 0) is 54.7 Å². The van der Waals surface area contributed by atoms with Crippen LogP contribution in [0.15, 0.2) is 48.0 Å². The number of anilines is 1.